The first-order chi connectivity index (χ1) is 13.0. The average molecular weight is 394 g/mol. The molecule has 1 fully saturated rings. The van der Waals surface area contributed by atoms with Crippen LogP contribution in [0.3, 0.4) is 0 Å². The summed E-state index contributed by atoms with van der Waals surface area (Å²) in [5.74, 6) is -3.03. The molecule has 0 unspecified atom stereocenters. The normalized spacial score (nSPS) is 31.1. The molecule has 5 atom stereocenters. The van der Waals surface area contributed by atoms with Crippen LogP contribution in [-0.4, -0.2) is 75.6 Å². The Bertz CT molecular complexity index is 1040. The summed E-state index contributed by atoms with van der Waals surface area (Å²) in [5.41, 5.74) is -6.74. The Balaban J connectivity index is 2.30. The summed E-state index contributed by atoms with van der Waals surface area (Å²) >= 11 is 0. The number of aliphatic hydroxyl groups excluding tert-OH is 1. The van der Waals surface area contributed by atoms with Crippen LogP contribution in [0.4, 0.5) is 0 Å². The molecule has 0 saturated carbocycles. The van der Waals surface area contributed by atoms with Gasteiger partial charge >= 0.3 is 0 Å². The van der Waals surface area contributed by atoms with E-state index in [2.05, 4.69) is 15.0 Å². The van der Waals surface area contributed by atoms with E-state index in [1.54, 1.807) is 0 Å². The molecule has 2 aromatic rings. The number of rotatable bonds is 5. The van der Waals surface area contributed by atoms with Crippen LogP contribution < -0.4 is 5.56 Å². The molecule has 4 N–H and O–H groups in total. The Kier molecular flexibility index (Phi) is 4.54. The Morgan fingerprint density at radius 1 is 1.18 bits per heavy atom. The maximum atomic E-state index is 12.4. The van der Waals surface area contributed by atoms with E-state index in [4.69, 9.17) is 4.74 Å². The van der Waals surface area contributed by atoms with Gasteiger partial charge in [-0.05, 0) is 20.8 Å². The van der Waals surface area contributed by atoms with Crippen molar-refractivity contribution in [3.63, 3.8) is 0 Å². The second kappa shape index (κ2) is 6.38. The number of aromatic amines is 1. The quantitative estimate of drug-likeness (QED) is 0.426. The summed E-state index contributed by atoms with van der Waals surface area (Å²) in [4.78, 5) is 58.3. The highest BCUT2D eigenvalue weighted by Gasteiger charge is 2.73. The fourth-order valence-corrected chi connectivity index (χ4v) is 3.47. The number of Topliss-reactive ketones (excluding diaryl/α,β-unsaturated/α-hetero) is 3. The number of ketones is 3. The average Bonchev–Trinajstić information content (AvgIpc) is 3.14. The molecule has 0 radical (unpaired) electrons. The fourth-order valence-electron chi connectivity index (χ4n) is 3.47. The lowest BCUT2D eigenvalue weighted by Gasteiger charge is -2.37. The first-order valence-corrected chi connectivity index (χ1v) is 8.18. The van der Waals surface area contributed by atoms with Gasteiger partial charge in [-0.15, -0.1) is 0 Å². The third-order valence-electron chi connectivity index (χ3n) is 5.02. The maximum Gasteiger partial charge on any atom is 0.278 e. The Morgan fingerprint density at radius 2 is 1.79 bits per heavy atom. The van der Waals surface area contributed by atoms with E-state index >= 15 is 0 Å². The summed E-state index contributed by atoms with van der Waals surface area (Å²) in [5, 5.41) is 32.4. The number of ether oxygens (including phenoxy) is 1. The molecule has 12 heteroatoms. The van der Waals surface area contributed by atoms with Gasteiger partial charge in [0.1, 0.15) is 12.2 Å². The van der Waals surface area contributed by atoms with Crippen molar-refractivity contribution < 1.29 is 34.4 Å². The van der Waals surface area contributed by atoms with Gasteiger partial charge in [-0.3, -0.25) is 23.7 Å². The van der Waals surface area contributed by atoms with Crippen LogP contribution in [0, 0.1) is 0 Å². The summed E-state index contributed by atoms with van der Waals surface area (Å²) in [6.07, 6.45) is -3.72. The number of carbonyl (C=O) groups excluding carboxylic acids is 3. The zero-order chi connectivity index (χ0) is 21.0. The molecule has 2 aromatic heterocycles. The van der Waals surface area contributed by atoms with E-state index < -0.39 is 52.5 Å². The van der Waals surface area contributed by atoms with Gasteiger partial charge in [0.15, 0.2) is 40.3 Å². The highest BCUT2D eigenvalue weighted by Crippen LogP contribution is 2.48. The van der Waals surface area contributed by atoms with Gasteiger partial charge < -0.3 is 25.0 Å². The van der Waals surface area contributed by atoms with Crippen LogP contribution >= 0.6 is 0 Å². The van der Waals surface area contributed by atoms with Crippen LogP contribution in [0.5, 0.6) is 0 Å². The molecule has 150 valence electrons. The molecule has 1 aliphatic heterocycles. The van der Waals surface area contributed by atoms with Gasteiger partial charge in [0.25, 0.3) is 5.56 Å². The second-order valence-corrected chi connectivity index (χ2v) is 6.67. The number of nitrogens with zero attached hydrogens (tertiary/aromatic N) is 3. The number of aromatic nitrogens is 4. The smallest absolute Gasteiger partial charge is 0.278 e. The van der Waals surface area contributed by atoms with Gasteiger partial charge in [-0.25, -0.2) is 9.97 Å². The standard InChI is InChI=1S/C16H18N4O8/c1-6(21)10(24)11-15(26,7(2)22)16(27,8(3)23)14(28-11)20-5-19-9-12(20)17-4-18-13(9)25/h4-5,10-11,14,24,26-27H,1-3H3,(H,17,18,25)/t10-,11-,14-,15-,16+/m1/s1. The number of fused-ring (bicyclic) bond motifs is 1. The molecule has 0 spiro atoms. The number of hydrogen-bond donors (Lipinski definition) is 4. The van der Waals surface area contributed by atoms with E-state index in [1.165, 1.54) is 0 Å². The molecule has 12 nitrogen and oxygen atoms in total. The van der Waals surface area contributed by atoms with Crippen LogP contribution in [0.25, 0.3) is 11.2 Å². The highest BCUT2D eigenvalue weighted by atomic mass is 16.6. The van der Waals surface area contributed by atoms with Crippen molar-refractivity contribution in [2.75, 3.05) is 0 Å². The molecule has 0 aromatic carbocycles. The number of hydrogen-bond acceptors (Lipinski definition) is 10. The van der Waals surface area contributed by atoms with Gasteiger partial charge in [0, 0.05) is 0 Å². The zero-order valence-corrected chi connectivity index (χ0v) is 15.1. The Labute approximate surface area is 156 Å². The van der Waals surface area contributed by atoms with Crippen LogP contribution in [0.15, 0.2) is 17.4 Å². The fraction of sp³-hybridized carbons (Fsp3) is 0.500. The predicted molar refractivity (Wildman–Crippen MR) is 90.0 cm³/mol. The maximum absolute atomic E-state index is 12.4. The molecule has 3 rings (SSSR count). The van der Waals surface area contributed by atoms with Crippen molar-refractivity contribution in [1.29, 1.82) is 0 Å². The first kappa shape index (κ1) is 19.9. The zero-order valence-electron chi connectivity index (χ0n) is 15.1. The van der Waals surface area contributed by atoms with E-state index in [1.807, 2.05) is 0 Å². The molecule has 0 amide bonds. The van der Waals surface area contributed by atoms with E-state index in [0.29, 0.717) is 0 Å². The lowest BCUT2D eigenvalue weighted by atomic mass is 9.73. The predicted octanol–water partition coefficient (Wildman–Crippen LogP) is -2.39. The molecular weight excluding hydrogens is 376 g/mol. The number of nitrogens with one attached hydrogen (secondary N) is 1. The number of H-pyrrole nitrogens is 1. The number of carbonyl (C=O) groups is 3. The molecule has 1 aliphatic rings. The topological polar surface area (TPSA) is 185 Å². The molecular formula is C16H18N4O8. The molecule has 28 heavy (non-hydrogen) atoms. The highest BCUT2D eigenvalue weighted by molar-refractivity contribution is 6.00. The van der Waals surface area contributed by atoms with Crippen LogP contribution in [-0.2, 0) is 19.1 Å². The van der Waals surface area contributed by atoms with Crippen molar-refractivity contribution in [3.05, 3.63) is 23.0 Å². The van der Waals surface area contributed by atoms with Crippen molar-refractivity contribution >= 4 is 28.5 Å². The molecule has 0 aliphatic carbocycles. The third-order valence-corrected chi connectivity index (χ3v) is 5.02. The van der Waals surface area contributed by atoms with E-state index in [9.17, 15) is 34.5 Å². The minimum absolute atomic E-state index is 0.114. The minimum atomic E-state index is -2.95. The summed E-state index contributed by atoms with van der Waals surface area (Å²) in [6, 6.07) is 0. The summed E-state index contributed by atoms with van der Waals surface area (Å²) in [6.45, 7) is 2.78. The van der Waals surface area contributed by atoms with Gasteiger partial charge in [0.05, 0.1) is 12.7 Å². The number of aliphatic hydroxyl groups is 3. The summed E-state index contributed by atoms with van der Waals surface area (Å²) in [7, 11) is 0. The van der Waals surface area contributed by atoms with Crippen LogP contribution in [0.1, 0.15) is 27.0 Å². The lowest BCUT2D eigenvalue weighted by Crippen LogP contribution is -2.67. The SMILES string of the molecule is CC(=O)[C@@H](O)[C@H]1O[C@@H](n2cnc3c(=O)[nH]cnc32)[C@@](O)(C(C)=O)[C@@]1(O)C(C)=O. The second-order valence-electron chi connectivity index (χ2n) is 6.67. The molecule has 0 bridgehead atoms. The minimum Gasteiger partial charge on any atom is -0.382 e. The number of imidazole rings is 1. The van der Waals surface area contributed by atoms with E-state index in [0.717, 1.165) is 38.0 Å². The lowest BCUT2D eigenvalue weighted by molar-refractivity contribution is -0.184. The monoisotopic (exact) mass is 394 g/mol. The van der Waals surface area contributed by atoms with Crippen LogP contribution in [0.2, 0.25) is 0 Å². The van der Waals surface area contributed by atoms with E-state index in [-0.39, 0.29) is 11.2 Å². The molecule has 3 heterocycles. The van der Waals surface area contributed by atoms with Crippen molar-refractivity contribution in [3.8, 4) is 0 Å². The van der Waals surface area contributed by atoms with Gasteiger partial charge in [-0.2, -0.15) is 0 Å². The largest absolute Gasteiger partial charge is 0.382 e. The van der Waals surface area contributed by atoms with Crippen molar-refractivity contribution in [2.45, 2.75) is 50.4 Å². The Hall–Kier alpha value is -2.80. The van der Waals surface area contributed by atoms with Crippen molar-refractivity contribution in [1.82, 2.24) is 19.5 Å². The first-order valence-electron chi connectivity index (χ1n) is 8.18. The van der Waals surface area contributed by atoms with Crippen molar-refractivity contribution in [2.24, 2.45) is 0 Å². The third kappa shape index (κ3) is 2.39. The van der Waals surface area contributed by atoms with Gasteiger partial charge in [0.2, 0.25) is 5.60 Å². The molecule has 1 saturated heterocycles. The summed E-state index contributed by atoms with van der Waals surface area (Å²) < 4.78 is 6.47. The van der Waals surface area contributed by atoms with Gasteiger partial charge in [-0.1, -0.05) is 0 Å². The Morgan fingerprint density at radius 3 is 2.32 bits per heavy atom.